The molecule has 100 valence electrons. The average Bonchev–Trinajstić information content (AvgIpc) is 3.21. The van der Waals surface area contributed by atoms with Crippen LogP contribution < -0.4 is 5.32 Å². The third-order valence-electron chi connectivity index (χ3n) is 3.66. The van der Waals surface area contributed by atoms with E-state index in [1.165, 1.54) is 12.8 Å². The molecule has 5 heteroatoms. The van der Waals surface area contributed by atoms with E-state index in [4.69, 9.17) is 0 Å². The third-order valence-corrected chi connectivity index (χ3v) is 3.66. The van der Waals surface area contributed by atoms with Crippen LogP contribution in [-0.2, 0) is 6.54 Å². The van der Waals surface area contributed by atoms with E-state index in [0.717, 1.165) is 28.7 Å². The summed E-state index contributed by atoms with van der Waals surface area (Å²) >= 11 is 0. The smallest absolute Gasteiger partial charge is 0.0784 e. The normalized spacial score (nSPS) is 14.8. The number of hydrogen-bond acceptors (Lipinski definition) is 4. The van der Waals surface area contributed by atoms with Gasteiger partial charge in [-0.05, 0) is 30.4 Å². The number of nitrogens with zero attached hydrogens (tertiary/aromatic N) is 4. The number of nitrogens with one attached hydrogen (secondary N) is 1. The van der Waals surface area contributed by atoms with Crippen molar-refractivity contribution in [1.29, 1.82) is 0 Å². The summed E-state index contributed by atoms with van der Waals surface area (Å²) in [5.41, 5.74) is 2.11. The summed E-state index contributed by atoms with van der Waals surface area (Å²) < 4.78 is 1.90. The molecular formula is C15H15N5. The lowest BCUT2D eigenvalue weighted by Gasteiger charge is -2.09. The van der Waals surface area contributed by atoms with Crippen LogP contribution in [0, 0.1) is 0 Å². The minimum absolute atomic E-state index is 0.674. The first-order valence-corrected chi connectivity index (χ1v) is 6.88. The fraction of sp³-hybridized carbons (Fsp3) is 0.267. The second-order valence-corrected chi connectivity index (χ2v) is 5.17. The topological polar surface area (TPSA) is 55.6 Å². The maximum absolute atomic E-state index is 4.23. The fourth-order valence-corrected chi connectivity index (χ4v) is 2.40. The SMILES string of the molecule is c1cc(-n2nncc2CNC2CC2)c2cnccc2c1. The molecule has 0 atom stereocenters. The fourth-order valence-electron chi connectivity index (χ4n) is 2.40. The highest BCUT2D eigenvalue weighted by molar-refractivity contribution is 5.89. The second kappa shape index (κ2) is 4.68. The number of hydrogen-bond donors (Lipinski definition) is 1. The minimum atomic E-state index is 0.674. The zero-order valence-corrected chi connectivity index (χ0v) is 11.0. The lowest BCUT2D eigenvalue weighted by Crippen LogP contribution is -2.18. The molecule has 1 aromatic carbocycles. The van der Waals surface area contributed by atoms with Crippen molar-refractivity contribution in [1.82, 2.24) is 25.3 Å². The van der Waals surface area contributed by atoms with E-state index in [1.807, 2.05) is 35.4 Å². The van der Waals surface area contributed by atoms with Gasteiger partial charge >= 0.3 is 0 Å². The summed E-state index contributed by atoms with van der Waals surface area (Å²) in [5.74, 6) is 0. The van der Waals surface area contributed by atoms with E-state index in [0.29, 0.717) is 6.04 Å². The molecule has 2 heterocycles. The summed E-state index contributed by atoms with van der Waals surface area (Å²) in [7, 11) is 0. The van der Waals surface area contributed by atoms with Crippen LogP contribution in [0.3, 0.4) is 0 Å². The van der Waals surface area contributed by atoms with Gasteiger partial charge in [0.25, 0.3) is 0 Å². The van der Waals surface area contributed by atoms with Gasteiger partial charge in [0.05, 0.1) is 17.6 Å². The second-order valence-electron chi connectivity index (χ2n) is 5.17. The number of aromatic nitrogens is 4. The van der Waals surface area contributed by atoms with Gasteiger partial charge in [-0.25, -0.2) is 4.68 Å². The third kappa shape index (κ3) is 2.06. The van der Waals surface area contributed by atoms with E-state index in [-0.39, 0.29) is 0 Å². The molecule has 0 unspecified atom stereocenters. The lowest BCUT2D eigenvalue weighted by atomic mass is 10.1. The highest BCUT2D eigenvalue weighted by Gasteiger charge is 2.21. The molecule has 2 aromatic heterocycles. The average molecular weight is 265 g/mol. The Labute approximate surface area is 116 Å². The predicted octanol–water partition coefficient (Wildman–Crippen LogP) is 2.07. The van der Waals surface area contributed by atoms with E-state index in [1.54, 1.807) is 0 Å². The van der Waals surface area contributed by atoms with Crippen LogP contribution in [0.1, 0.15) is 18.5 Å². The Morgan fingerprint density at radius 2 is 2.15 bits per heavy atom. The molecule has 0 bridgehead atoms. The summed E-state index contributed by atoms with van der Waals surface area (Å²) in [6.07, 6.45) is 8.07. The zero-order chi connectivity index (χ0) is 13.4. The largest absolute Gasteiger partial charge is 0.308 e. The van der Waals surface area contributed by atoms with Crippen LogP contribution in [0.5, 0.6) is 0 Å². The number of fused-ring (bicyclic) bond motifs is 1. The van der Waals surface area contributed by atoms with Crippen molar-refractivity contribution in [3.05, 3.63) is 48.5 Å². The first kappa shape index (κ1) is 11.5. The molecule has 1 N–H and O–H groups in total. The molecule has 0 radical (unpaired) electrons. The maximum atomic E-state index is 4.23. The van der Waals surface area contributed by atoms with Crippen LogP contribution in [0.15, 0.2) is 42.9 Å². The molecule has 5 nitrogen and oxygen atoms in total. The van der Waals surface area contributed by atoms with Crippen LogP contribution in [0.25, 0.3) is 16.5 Å². The van der Waals surface area contributed by atoms with Gasteiger partial charge in [0.15, 0.2) is 0 Å². The molecule has 3 aromatic rings. The van der Waals surface area contributed by atoms with Gasteiger partial charge in [-0.3, -0.25) is 4.98 Å². The number of benzene rings is 1. The molecule has 1 saturated carbocycles. The zero-order valence-electron chi connectivity index (χ0n) is 11.0. The van der Waals surface area contributed by atoms with Gasteiger partial charge in [-0.1, -0.05) is 17.3 Å². The van der Waals surface area contributed by atoms with Crippen LogP contribution in [-0.4, -0.2) is 26.0 Å². The number of pyridine rings is 1. The van der Waals surface area contributed by atoms with E-state index >= 15 is 0 Å². The van der Waals surface area contributed by atoms with Crippen molar-refractivity contribution in [3.63, 3.8) is 0 Å². The number of rotatable bonds is 4. The summed E-state index contributed by atoms with van der Waals surface area (Å²) in [5, 5.41) is 14.0. The Morgan fingerprint density at radius 1 is 1.20 bits per heavy atom. The van der Waals surface area contributed by atoms with E-state index < -0.39 is 0 Å². The van der Waals surface area contributed by atoms with Crippen LogP contribution >= 0.6 is 0 Å². The van der Waals surface area contributed by atoms with Gasteiger partial charge in [0.2, 0.25) is 0 Å². The highest BCUT2D eigenvalue weighted by atomic mass is 15.4. The molecular weight excluding hydrogens is 250 g/mol. The van der Waals surface area contributed by atoms with E-state index in [9.17, 15) is 0 Å². The van der Waals surface area contributed by atoms with Crippen LogP contribution in [0.4, 0.5) is 0 Å². The molecule has 20 heavy (non-hydrogen) atoms. The van der Waals surface area contributed by atoms with Crippen molar-refractivity contribution in [2.45, 2.75) is 25.4 Å². The molecule has 1 aliphatic rings. The molecule has 0 amide bonds. The molecule has 1 fully saturated rings. The maximum Gasteiger partial charge on any atom is 0.0784 e. The van der Waals surface area contributed by atoms with Crippen molar-refractivity contribution in [3.8, 4) is 5.69 Å². The highest BCUT2D eigenvalue weighted by Crippen LogP contribution is 2.23. The summed E-state index contributed by atoms with van der Waals surface area (Å²) in [4.78, 5) is 4.22. The quantitative estimate of drug-likeness (QED) is 0.784. The Kier molecular flexibility index (Phi) is 2.70. The molecule has 0 saturated heterocycles. The van der Waals surface area contributed by atoms with Gasteiger partial charge in [-0.2, -0.15) is 0 Å². The van der Waals surface area contributed by atoms with Crippen molar-refractivity contribution >= 4 is 10.8 Å². The minimum Gasteiger partial charge on any atom is -0.308 e. The standard InChI is InChI=1S/C15H15N5/c1-2-11-6-7-16-10-14(11)15(3-1)20-13(9-18-19-20)8-17-12-4-5-12/h1-3,6-7,9-10,12,17H,4-5,8H2. The molecule has 0 aliphatic heterocycles. The van der Waals surface area contributed by atoms with Gasteiger partial charge in [0.1, 0.15) is 0 Å². The first-order chi connectivity index (χ1) is 9.92. The Balaban J connectivity index is 1.76. The summed E-state index contributed by atoms with van der Waals surface area (Å²) in [6.45, 7) is 0.800. The van der Waals surface area contributed by atoms with Crippen LogP contribution in [0.2, 0.25) is 0 Å². The van der Waals surface area contributed by atoms with Gasteiger partial charge in [0, 0.05) is 30.4 Å². The molecule has 4 rings (SSSR count). The Hall–Kier alpha value is -2.27. The van der Waals surface area contributed by atoms with Crippen molar-refractivity contribution in [2.24, 2.45) is 0 Å². The van der Waals surface area contributed by atoms with Gasteiger partial charge in [-0.15, -0.1) is 5.10 Å². The lowest BCUT2D eigenvalue weighted by molar-refractivity contribution is 0.648. The summed E-state index contributed by atoms with van der Waals surface area (Å²) in [6, 6.07) is 8.86. The Morgan fingerprint density at radius 3 is 3.05 bits per heavy atom. The molecule has 0 spiro atoms. The Bertz CT molecular complexity index is 739. The predicted molar refractivity (Wildman–Crippen MR) is 76.5 cm³/mol. The van der Waals surface area contributed by atoms with Crippen molar-refractivity contribution < 1.29 is 0 Å². The van der Waals surface area contributed by atoms with Gasteiger partial charge < -0.3 is 5.32 Å². The molecule has 1 aliphatic carbocycles. The monoisotopic (exact) mass is 265 g/mol. The van der Waals surface area contributed by atoms with Crippen molar-refractivity contribution in [2.75, 3.05) is 0 Å². The first-order valence-electron chi connectivity index (χ1n) is 6.88. The van der Waals surface area contributed by atoms with E-state index in [2.05, 4.69) is 32.7 Å².